The molecule has 7 heteroatoms. The maximum Gasteiger partial charge on any atom is 0.307 e. The van der Waals surface area contributed by atoms with Gasteiger partial charge in [0.25, 0.3) is 5.69 Å². The third-order valence-corrected chi connectivity index (χ3v) is 3.33. The van der Waals surface area contributed by atoms with Gasteiger partial charge >= 0.3 is 5.97 Å². The Labute approximate surface area is 137 Å². The van der Waals surface area contributed by atoms with Crippen molar-refractivity contribution in [1.82, 2.24) is 0 Å². The first kappa shape index (κ1) is 18.3. The molecule has 23 heavy (non-hydrogen) atoms. The highest BCUT2D eigenvalue weighted by Gasteiger charge is 2.19. The molecule has 1 N–H and O–H groups in total. The van der Waals surface area contributed by atoms with E-state index in [1.807, 2.05) is 0 Å². The highest BCUT2D eigenvalue weighted by atomic mass is 35.5. The lowest BCUT2D eigenvalue weighted by atomic mass is 9.96. The van der Waals surface area contributed by atoms with Crippen LogP contribution in [0.25, 0.3) is 0 Å². The molecule has 0 atom stereocenters. The second-order valence-corrected chi connectivity index (χ2v) is 4.89. The van der Waals surface area contributed by atoms with Gasteiger partial charge in [-0.15, -0.1) is 0 Å². The number of carboxylic acids is 1. The van der Waals surface area contributed by atoms with E-state index in [9.17, 15) is 19.7 Å². The number of nitrogens with zero attached hydrogens (tertiary/aromatic N) is 1. The molecule has 2 aromatic rings. The van der Waals surface area contributed by atoms with E-state index in [4.69, 9.17) is 16.7 Å². The first-order chi connectivity index (χ1) is 10.4. The summed E-state index contributed by atoms with van der Waals surface area (Å²) < 4.78 is 0. The molecule has 0 bridgehead atoms. The molecular weight excluding hydrogens is 322 g/mol. The van der Waals surface area contributed by atoms with Crippen LogP contribution in [0.1, 0.15) is 28.9 Å². The minimum absolute atomic E-state index is 0. The summed E-state index contributed by atoms with van der Waals surface area (Å²) in [6.07, 6.45) is -0.308. The molecule has 2 aromatic carbocycles. The second kappa shape index (κ2) is 7.51. The van der Waals surface area contributed by atoms with E-state index < -0.39 is 16.7 Å². The molecule has 0 unspecified atom stereocenters. The SMILES string of the molecule is C.O=C(O)Cc1ccccc1C(=O)c1ccc(Cl)c([N+](=O)[O-])c1. The van der Waals surface area contributed by atoms with E-state index in [0.29, 0.717) is 5.56 Å². The Morgan fingerprint density at radius 1 is 1.17 bits per heavy atom. The summed E-state index contributed by atoms with van der Waals surface area (Å²) in [6.45, 7) is 0. The zero-order valence-electron chi connectivity index (χ0n) is 11.2. The number of carboxylic acid groups (broad SMARTS) is 1. The number of nitro benzene ring substituents is 1. The number of nitro groups is 1. The molecule has 6 nitrogen and oxygen atoms in total. The van der Waals surface area contributed by atoms with Crippen molar-refractivity contribution in [2.24, 2.45) is 0 Å². The van der Waals surface area contributed by atoms with Gasteiger partial charge in [-0.2, -0.15) is 0 Å². The molecule has 0 spiro atoms. The van der Waals surface area contributed by atoms with Crippen molar-refractivity contribution in [2.45, 2.75) is 13.8 Å². The molecule has 120 valence electrons. The summed E-state index contributed by atoms with van der Waals surface area (Å²) >= 11 is 5.71. The van der Waals surface area contributed by atoms with Gasteiger partial charge in [-0.3, -0.25) is 19.7 Å². The average molecular weight is 336 g/mol. The van der Waals surface area contributed by atoms with Crippen LogP contribution in [0.5, 0.6) is 0 Å². The normalized spacial score (nSPS) is 9.78. The highest BCUT2D eigenvalue weighted by Crippen LogP contribution is 2.26. The van der Waals surface area contributed by atoms with Crippen molar-refractivity contribution in [1.29, 1.82) is 0 Å². The van der Waals surface area contributed by atoms with Crippen LogP contribution in [0, 0.1) is 10.1 Å². The number of halogens is 1. The molecule has 0 aliphatic rings. The molecule has 0 saturated heterocycles. The average Bonchev–Trinajstić information content (AvgIpc) is 2.46. The molecule has 0 radical (unpaired) electrons. The van der Waals surface area contributed by atoms with Gasteiger partial charge in [0.05, 0.1) is 11.3 Å². The number of benzene rings is 2. The monoisotopic (exact) mass is 335 g/mol. The van der Waals surface area contributed by atoms with Gasteiger partial charge in [-0.05, 0) is 17.7 Å². The molecule has 0 heterocycles. The van der Waals surface area contributed by atoms with Crippen LogP contribution in [0.4, 0.5) is 5.69 Å². The number of carbonyl (C=O) groups excluding carboxylic acids is 1. The molecular formula is C16H14ClNO5. The fraction of sp³-hybridized carbons (Fsp3) is 0.125. The summed E-state index contributed by atoms with van der Waals surface area (Å²) in [5.74, 6) is -1.56. The van der Waals surface area contributed by atoms with E-state index in [2.05, 4.69) is 0 Å². The number of rotatable bonds is 5. The molecule has 0 fully saturated rings. The predicted molar refractivity (Wildman–Crippen MR) is 86.1 cm³/mol. The largest absolute Gasteiger partial charge is 0.481 e. The smallest absolute Gasteiger partial charge is 0.307 e. The minimum atomic E-state index is -1.07. The van der Waals surface area contributed by atoms with E-state index in [1.54, 1.807) is 12.1 Å². The Morgan fingerprint density at radius 3 is 2.43 bits per heavy atom. The number of aliphatic carboxylic acids is 1. The lowest BCUT2D eigenvalue weighted by Gasteiger charge is -2.07. The second-order valence-electron chi connectivity index (χ2n) is 4.48. The van der Waals surface area contributed by atoms with Crippen molar-refractivity contribution in [3.8, 4) is 0 Å². The summed E-state index contributed by atoms with van der Waals surface area (Å²) in [4.78, 5) is 33.5. The van der Waals surface area contributed by atoms with Crippen LogP contribution in [0.3, 0.4) is 0 Å². The van der Waals surface area contributed by atoms with Crippen LogP contribution in [-0.4, -0.2) is 21.8 Å². The third kappa shape index (κ3) is 4.14. The van der Waals surface area contributed by atoms with Crippen molar-refractivity contribution < 1.29 is 19.6 Å². The maximum atomic E-state index is 12.5. The van der Waals surface area contributed by atoms with E-state index in [-0.39, 0.29) is 35.7 Å². The number of ketones is 1. The topological polar surface area (TPSA) is 97.5 Å². The molecule has 0 saturated carbocycles. The lowest BCUT2D eigenvalue weighted by molar-refractivity contribution is -0.384. The van der Waals surface area contributed by atoms with Crippen LogP contribution in [-0.2, 0) is 11.2 Å². The number of carbonyl (C=O) groups is 2. The van der Waals surface area contributed by atoms with Gasteiger partial charge in [-0.1, -0.05) is 43.3 Å². The van der Waals surface area contributed by atoms with E-state index in [0.717, 1.165) is 6.07 Å². The van der Waals surface area contributed by atoms with Gasteiger partial charge in [-0.25, -0.2) is 0 Å². The van der Waals surface area contributed by atoms with Gasteiger partial charge < -0.3 is 5.11 Å². The Bertz CT molecular complexity index is 773. The van der Waals surface area contributed by atoms with Gasteiger partial charge in [0.15, 0.2) is 5.78 Å². The Balaban J connectivity index is 0.00000264. The van der Waals surface area contributed by atoms with Crippen molar-refractivity contribution >= 4 is 29.0 Å². The molecule has 0 aliphatic carbocycles. The number of hydrogen-bond acceptors (Lipinski definition) is 4. The quantitative estimate of drug-likeness (QED) is 0.510. The fourth-order valence-corrected chi connectivity index (χ4v) is 2.19. The maximum absolute atomic E-state index is 12.5. The summed E-state index contributed by atoms with van der Waals surface area (Å²) in [7, 11) is 0. The number of hydrogen-bond donors (Lipinski definition) is 1. The van der Waals surface area contributed by atoms with Gasteiger partial charge in [0, 0.05) is 17.2 Å². The van der Waals surface area contributed by atoms with Crippen LogP contribution < -0.4 is 0 Å². The fourth-order valence-electron chi connectivity index (χ4n) is 2.01. The zero-order chi connectivity index (χ0) is 16.3. The van der Waals surface area contributed by atoms with E-state index in [1.165, 1.54) is 24.3 Å². The Kier molecular flexibility index (Phi) is 5.98. The first-order valence-electron chi connectivity index (χ1n) is 6.18. The standard InChI is InChI=1S/C15H10ClNO5.CH4/c16-12-6-5-10(7-13(12)17(21)22)15(20)11-4-2-1-3-9(11)8-14(18)19;/h1-7H,8H2,(H,18,19);1H4. The zero-order valence-corrected chi connectivity index (χ0v) is 11.9. The Hall–Kier alpha value is -2.73. The first-order valence-corrected chi connectivity index (χ1v) is 6.56. The minimum Gasteiger partial charge on any atom is -0.481 e. The van der Waals surface area contributed by atoms with Crippen LogP contribution in [0.2, 0.25) is 5.02 Å². The van der Waals surface area contributed by atoms with Crippen molar-refractivity contribution in [2.75, 3.05) is 0 Å². The van der Waals surface area contributed by atoms with Crippen molar-refractivity contribution in [3.05, 3.63) is 74.3 Å². The van der Waals surface area contributed by atoms with Crippen molar-refractivity contribution in [3.63, 3.8) is 0 Å². The molecule has 0 aliphatic heterocycles. The molecule has 0 amide bonds. The summed E-state index contributed by atoms with van der Waals surface area (Å²) in [5.41, 5.74) is 0.247. The molecule has 0 aromatic heterocycles. The van der Waals surface area contributed by atoms with Gasteiger partial charge in [0.2, 0.25) is 0 Å². The Morgan fingerprint density at radius 2 is 1.83 bits per heavy atom. The summed E-state index contributed by atoms with van der Waals surface area (Å²) in [5, 5.41) is 19.7. The summed E-state index contributed by atoms with van der Waals surface area (Å²) in [6, 6.07) is 9.97. The lowest BCUT2D eigenvalue weighted by Crippen LogP contribution is -2.09. The predicted octanol–water partition coefficient (Wildman–Crippen LogP) is 3.74. The van der Waals surface area contributed by atoms with Gasteiger partial charge in [0.1, 0.15) is 5.02 Å². The third-order valence-electron chi connectivity index (χ3n) is 3.01. The van der Waals surface area contributed by atoms with Crippen LogP contribution in [0.15, 0.2) is 42.5 Å². The molecule has 2 rings (SSSR count). The highest BCUT2D eigenvalue weighted by molar-refractivity contribution is 6.32. The van der Waals surface area contributed by atoms with E-state index >= 15 is 0 Å². The van der Waals surface area contributed by atoms with Crippen LogP contribution >= 0.6 is 11.6 Å².